The van der Waals surface area contributed by atoms with Crippen LogP contribution in [0.15, 0.2) is 37.4 Å². The van der Waals surface area contributed by atoms with Crippen molar-refractivity contribution in [2.75, 3.05) is 27.3 Å². The van der Waals surface area contributed by atoms with Crippen molar-refractivity contribution in [3.05, 3.63) is 48.6 Å². The molecular formula is C18H20N2O6. The number of esters is 2. The average Bonchev–Trinajstić information content (AvgIpc) is 2.68. The summed E-state index contributed by atoms with van der Waals surface area (Å²) < 4.78 is 8.87. The quantitative estimate of drug-likeness (QED) is 0.509. The predicted molar refractivity (Wildman–Crippen MR) is 94.6 cm³/mol. The fraction of sp³-hybridized carbons (Fsp3) is 0.222. The average molecular weight is 360 g/mol. The molecule has 1 aromatic carbocycles. The van der Waals surface area contributed by atoms with E-state index < -0.39 is 23.8 Å². The lowest BCUT2D eigenvalue weighted by Gasteiger charge is -2.10. The molecule has 0 aliphatic rings. The van der Waals surface area contributed by atoms with Crippen LogP contribution >= 0.6 is 0 Å². The van der Waals surface area contributed by atoms with Gasteiger partial charge in [0.2, 0.25) is 0 Å². The summed E-state index contributed by atoms with van der Waals surface area (Å²) in [7, 11) is 2.44. The summed E-state index contributed by atoms with van der Waals surface area (Å²) in [6.45, 7) is 6.84. The lowest BCUT2D eigenvalue weighted by atomic mass is 10.0. The lowest BCUT2D eigenvalue weighted by molar-refractivity contribution is -0.141. The van der Waals surface area contributed by atoms with E-state index in [9.17, 15) is 19.2 Å². The Hall–Kier alpha value is -3.42. The maximum Gasteiger partial charge on any atom is 0.325 e. The van der Waals surface area contributed by atoms with Gasteiger partial charge in [-0.05, 0) is 11.1 Å². The highest BCUT2D eigenvalue weighted by Gasteiger charge is 2.14. The summed E-state index contributed by atoms with van der Waals surface area (Å²) in [5, 5.41) is 4.76. The van der Waals surface area contributed by atoms with Gasteiger partial charge in [0.05, 0.1) is 14.2 Å². The van der Waals surface area contributed by atoms with Crippen molar-refractivity contribution in [1.82, 2.24) is 10.6 Å². The van der Waals surface area contributed by atoms with Crippen LogP contribution in [0.2, 0.25) is 0 Å². The van der Waals surface area contributed by atoms with Crippen LogP contribution in [0.3, 0.4) is 0 Å². The van der Waals surface area contributed by atoms with Gasteiger partial charge in [-0.15, -0.1) is 0 Å². The molecule has 0 atom stereocenters. The van der Waals surface area contributed by atoms with Crippen LogP contribution < -0.4 is 10.6 Å². The second-order valence-electron chi connectivity index (χ2n) is 5.05. The molecule has 0 radical (unpaired) electrons. The molecule has 0 aliphatic heterocycles. The fourth-order valence-electron chi connectivity index (χ4n) is 1.80. The van der Waals surface area contributed by atoms with E-state index in [2.05, 4.69) is 33.3 Å². The third kappa shape index (κ3) is 5.90. The zero-order valence-corrected chi connectivity index (χ0v) is 14.6. The second kappa shape index (κ2) is 9.77. The van der Waals surface area contributed by atoms with Gasteiger partial charge in [0.1, 0.15) is 13.1 Å². The summed E-state index contributed by atoms with van der Waals surface area (Å²) in [6.07, 6.45) is 0. The minimum atomic E-state index is -0.573. The first-order valence-electron chi connectivity index (χ1n) is 7.48. The zero-order valence-electron chi connectivity index (χ0n) is 14.6. The Morgan fingerprint density at radius 3 is 1.35 bits per heavy atom. The Labute approximate surface area is 150 Å². The molecule has 26 heavy (non-hydrogen) atoms. The monoisotopic (exact) mass is 360 g/mol. The van der Waals surface area contributed by atoms with E-state index in [0.29, 0.717) is 11.1 Å². The Morgan fingerprint density at radius 2 is 1.08 bits per heavy atom. The molecular weight excluding hydrogens is 340 g/mol. The largest absolute Gasteiger partial charge is 0.468 e. The number of carbonyl (C=O) groups is 4. The molecule has 0 unspecified atom stereocenters. The third-order valence-corrected chi connectivity index (χ3v) is 3.37. The maximum atomic E-state index is 11.9. The SMILES string of the molecule is C=C(C(=O)NCC(=O)OC)c1ccc(C(=C)C(=O)NCC(=O)OC)cc1. The molecule has 2 amide bonds. The smallest absolute Gasteiger partial charge is 0.325 e. The molecule has 0 fully saturated rings. The highest BCUT2D eigenvalue weighted by atomic mass is 16.5. The van der Waals surface area contributed by atoms with E-state index in [1.807, 2.05) is 0 Å². The molecule has 8 heteroatoms. The van der Waals surface area contributed by atoms with Crippen molar-refractivity contribution < 1.29 is 28.7 Å². The summed E-state index contributed by atoms with van der Waals surface area (Å²) >= 11 is 0. The third-order valence-electron chi connectivity index (χ3n) is 3.37. The Kier molecular flexibility index (Phi) is 7.75. The molecule has 0 saturated heterocycles. The highest BCUT2D eigenvalue weighted by Crippen LogP contribution is 2.18. The van der Waals surface area contributed by atoms with Gasteiger partial charge in [-0.3, -0.25) is 19.2 Å². The normalized spacial score (nSPS) is 9.62. The van der Waals surface area contributed by atoms with Crippen molar-refractivity contribution in [1.29, 1.82) is 0 Å². The number of carbonyl (C=O) groups excluding carboxylic acids is 4. The van der Waals surface area contributed by atoms with Gasteiger partial charge >= 0.3 is 11.9 Å². The summed E-state index contributed by atoms with van der Waals surface area (Å²) in [6, 6.07) is 6.37. The molecule has 0 saturated carbocycles. The number of amides is 2. The first kappa shape index (κ1) is 20.6. The van der Waals surface area contributed by atoms with Gasteiger partial charge in [0.25, 0.3) is 11.8 Å². The number of nitrogens with one attached hydrogen (secondary N) is 2. The molecule has 1 rings (SSSR count). The van der Waals surface area contributed by atoms with Crippen molar-refractivity contribution in [3.63, 3.8) is 0 Å². The number of ether oxygens (including phenoxy) is 2. The zero-order chi connectivity index (χ0) is 19.7. The molecule has 2 N–H and O–H groups in total. The second-order valence-corrected chi connectivity index (χ2v) is 5.05. The number of hydrogen-bond donors (Lipinski definition) is 2. The first-order chi connectivity index (χ1) is 12.3. The van der Waals surface area contributed by atoms with Gasteiger partial charge < -0.3 is 20.1 Å². The fourth-order valence-corrected chi connectivity index (χ4v) is 1.80. The van der Waals surface area contributed by atoms with Crippen LogP contribution in [0.25, 0.3) is 11.1 Å². The van der Waals surface area contributed by atoms with E-state index in [1.165, 1.54) is 14.2 Å². The number of methoxy groups -OCH3 is 2. The van der Waals surface area contributed by atoms with Crippen molar-refractivity contribution in [3.8, 4) is 0 Å². The predicted octanol–water partition coefficient (Wildman–Crippen LogP) is 0.291. The number of rotatable bonds is 8. The van der Waals surface area contributed by atoms with Crippen molar-refractivity contribution in [2.24, 2.45) is 0 Å². The summed E-state index contributed by atoms with van der Waals surface area (Å²) in [5.74, 6) is -2.18. The Bertz CT molecular complexity index is 674. The van der Waals surface area contributed by atoms with Crippen molar-refractivity contribution in [2.45, 2.75) is 0 Å². The minimum absolute atomic E-state index is 0.154. The summed E-state index contributed by atoms with van der Waals surface area (Å²) in [5.41, 5.74) is 1.33. The Balaban J connectivity index is 2.69. The van der Waals surface area contributed by atoms with Gasteiger partial charge in [0, 0.05) is 11.1 Å². The lowest BCUT2D eigenvalue weighted by Crippen LogP contribution is -2.30. The van der Waals surface area contributed by atoms with Gasteiger partial charge in [-0.25, -0.2) is 0 Å². The van der Waals surface area contributed by atoms with E-state index in [-0.39, 0.29) is 24.2 Å². The van der Waals surface area contributed by atoms with Crippen LogP contribution in [0.1, 0.15) is 11.1 Å². The molecule has 0 aliphatic carbocycles. The van der Waals surface area contributed by atoms with Gasteiger partial charge in [-0.2, -0.15) is 0 Å². The standard InChI is InChI=1S/C18H20N2O6/c1-11(17(23)19-9-15(21)25-3)13-5-7-14(8-6-13)12(2)18(24)20-10-16(22)26-4/h5-8H,1-2,9-10H2,3-4H3,(H,19,23)(H,20,24). The topological polar surface area (TPSA) is 111 Å². The van der Waals surface area contributed by atoms with Gasteiger partial charge in [0.15, 0.2) is 0 Å². The highest BCUT2D eigenvalue weighted by molar-refractivity contribution is 6.20. The molecule has 0 bridgehead atoms. The summed E-state index contributed by atoms with van der Waals surface area (Å²) in [4.78, 5) is 45.9. The molecule has 0 heterocycles. The first-order valence-corrected chi connectivity index (χ1v) is 7.48. The van der Waals surface area contributed by atoms with E-state index in [4.69, 9.17) is 0 Å². The number of benzene rings is 1. The molecule has 8 nitrogen and oxygen atoms in total. The molecule has 0 aromatic heterocycles. The van der Waals surface area contributed by atoms with E-state index in [1.54, 1.807) is 24.3 Å². The van der Waals surface area contributed by atoms with Crippen molar-refractivity contribution >= 4 is 34.9 Å². The molecule has 138 valence electrons. The van der Waals surface area contributed by atoms with Crippen LogP contribution in [0.4, 0.5) is 0 Å². The number of hydrogen-bond acceptors (Lipinski definition) is 6. The van der Waals surface area contributed by atoms with Gasteiger partial charge in [-0.1, -0.05) is 37.4 Å². The van der Waals surface area contributed by atoms with Crippen LogP contribution in [0, 0.1) is 0 Å². The maximum absolute atomic E-state index is 11.9. The molecule has 0 spiro atoms. The molecule has 1 aromatic rings. The van der Waals surface area contributed by atoms with Crippen LogP contribution in [0.5, 0.6) is 0 Å². The minimum Gasteiger partial charge on any atom is -0.468 e. The van der Waals surface area contributed by atoms with Crippen LogP contribution in [-0.4, -0.2) is 51.1 Å². The van der Waals surface area contributed by atoms with E-state index >= 15 is 0 Å². The van der Waals surface area contributed by atoms with Crippen LogP contribution in [-0.2, 0) is 28.7 Å². The van der Waals surface area contributed by atoms with E-state index in [0.717, 1.165) is 0 Å². The Morgan fingerprint density at radius 1 is 0.769 bits per heavy atom.